The molecule has 0 saturated heterocycles. The molecule has 0 aromatic rings. The van der Waals surface area contributed by atoms with Crippen molar-refractivity contribution in [1.82, 2.24) is 10.2 Å². The molecule has 0 heterocycles. The van der Waals surface area contributed by atoms with Crippen molar-refractivity contribution in [2.45, 2.75) is 53.0 Å². The molecule has 0 aliphatic heterocycles. The van der Waals surface area contributed by atoms with E-state index in [2.05, 4.69) is 26.1 Å². The first-order valence-electron chi connectivity index (χ1n) is 6.12. The summed E-state index contributed by atoms with van der Waals surface area (Å²) in [5.74, 6) is 0.272. The molecule has 0 radical (unpaired) electrons. The molecule has 0 aromatic carbocycles. The fraction of sp³-hybridized carbons (Fsp3) is 0.917. The number of hydrogen-bond acceptors (Lipinski definition) is 2. The van der Waals surface area contributed by atoms with Crippen molar-refractivity contribution in [3.05, 3.63) is 0 Å². The maximum Gasteiger partial charge on any atom is 0.222 e. The van der Waals surface area contributed by atoms with Gasteiger partial charge in [-0.2, -0.15) is 0 Å². The molecule has 0 aromatic heterocycles. The van der Waals surface area contributed by atoms with E-state index < -0.39 is 0 Å². The second kappa shape index (κ2) is 8.72. The Morgan fingerprint density at radius 2 is 1.93 bits per heavy atom. The van der Waals surface area contributed by atoms with E-state index in [-0.39, 0.29) is 5.91 Å². The molecule has 3 heteroatoms. The third-order valence-electron chi connectivity index (χ3n) is 2.37. The van der Waals surface area contributed by atoms with Crippen molar-refractivity contribution in [1.29, 1.82) is 0 Å². The zero-order chi connectivity index (χ0) is 11.7. The molecule has 0 saturated carbocycles. The normalized spacial score (nSPS) is 10.7. The summed E-state index contributed by atoms with van der Waals surface area (Å²) in [7, 11) is 0. The fourth-order valence-electron chi connectivity index (χ4n) is 1.42. The van der Waals surface area contributed by atoms with Crippen LogP contribution >= 0.6 is 0 Å². The van der Waals surface area contributed by atoms with Gasteiger partial charge in [-0.3, -0.25) is 4.79 Å². The summed E-state index contributed by atoms with van der Waals surface area (Å²) in [6, 6.07) is 0.495. The maximum atomic E-state index is 11.6. The Morgan fingerprint density at radius 1 is 1.27 bits per heavy atom. The number of rotatable bonds is 8. The van der Waals surface area contributed by atoms with Crippen LogP contribution in [0.2, 0.25) is 0 Å². The average Bonchev–Trinajstić information content (AvgIpc) is 2.21. The van der Waals surface area contributed by atoms with Gasteiger partial charge in [0.15, 0.2) is 0 Å². The Morgan fingerprint density at radius 3 is 2.40 bits per heavy atom. The zero-order valence-electron chi connectivity index (χ0n) is 10.7. The third kappa shape index (κ3) is 7.37. The minimum Gasteiger partial charge on any atom is -0.341 e. The minimum absolute atomic E-state index is 0.272. The van der Waals surface area contributed by atoms with Gasteiger partial charge in [-0.15, -0.1) is 0 Å². The average molecular weight is 214 g/mol. The fourth-order valence-corrected chi connectivity index (χ4v) is 1.42. The maximum absolute atomic E-state index is 11.6. The van der Waals surface area contributed by atoms with Crippen molar-refractivity contribution in [2.24, 2.45) is 0 Å². The third-order valence-corrected chi connectivity index (χ3v) is 2.37. The molecule has 0 rings (SSSR count). The number of carbonyl (C=O) groups excluding carboxylic acids is 1. The van der Waals surface area contributed by atoms with Crippen molar-refractivity contribution in [2.75, 3.05) is 19.6 Å². The molecule has 3 nitrogen and oxygen atoms in total. The van der Waals surface area contributed by atoms with E-state index in [0.717, 1.165) is 32.5 Å². The van der Waals surface area contributed by atoms with E-state index in [9.17, 15) is 4.79 Å². The molecular weight excluding hydrogens is 188 g/mol. The predicted octanol–water partition coefficient (Wildman–Crippen LogP) is 2.02. The van der Waals surface area contributed by atoms with Crippen LogP contribution in [0.5, 0.6) is 0 Å². The molecule has 0 atom stereocenters. The highest BCUT2D eigenvalue weighted by atomic mass is 16.2. The molecule has 1 N–H and O–H groups in total. The zero-order valence-corrected chi connectivity index (χ0v) is 10.7. The van der Waals surface area contributed by atoms with Crippen LogP contribution < -0.4 is 5.32 Å². The molecule has 0 fully saturated rings. The molecule has 0 aliphatic rings. The number of hydrogen-bond donors (Lipinski definition) is 1. The first-order chi connectivity index (χ1) is 7.11. The van der Waals surface area contributed by atoms with Crippen LogP contribution in [-0.4, -0.2) is 36.5 Å². The van der Waals surface area contributed by atoms with E-state index in [1.165, 1.54) is 0 Å². The van der Waals surface area contributed by atoms with Crippen LogP contribution in [0.1, 0.15) is 47.0 Å². The SMILES string of the molecule is CCCCN(CCNC(C)C)C(=O)CC. The Hall–Kier alpha value is -0.570. The van der Waals surface area contributed by atoms with Crippen molar-refractivity contribution < 1.29 is 4.79 Å². The molecular formula is C12H26N2O. The van der Waals surface area contributed by atoms with E-state index >= 15 is 0 Å². The van der Waals surface area contributed by atoms with Crippen molar-refractivity contribution in [3.8, 4) is 0 Å². The van der Waals surface area contributed by atoms with E-state index in [4.69, 9.17) is 0 Å². The van der Waals surface area contributed by atoms with Gasteiger partial charge in [-0.25, -0.2) is 0 Å². The number of amides is 1. The molecule has 0 spiro atoms. The molecule has 1 amide bonds. The second-order valence-corrected chi connectivity index (χ2v) is 4.20. The highest BCUT2D eigenvalue weighted by molar-refractivity contribution is 5.75. The molecule has 15 heavy (non-hydrogen) atoms. The number of carbonyl (C=O) groups is 1. The summed E-state index contributed by atoms with van der Waals surface area (Å²) >= 11 is 0. The first-order valence-corrected chi connectivity index (χ1v) is 6.12. The van der Waals surface area contributed by atoms with Crippen LogP contribution in [0.3, 0.4) is 0 Å². The standard InChI is InChI=1S/C12H26N2O/c1-5-7-9-14(12(15)6-2)10-8-13-11(3)4/h11,13H,5-10H2,1-4H3. The van der Waals surface area contributed by atoms with Crippen molar-refractivity contribution in [3.63, 3.8) is 0 Å². The number of nitrogens with zero attached hydrogens (tertiary/aromatic N) is 1. The van der Waals surface area contributed by atoms with Crippen molar-refractivity contribution >= 4 is 5.91 Å². The highest BCUT2D eigenvalue weighted by Gasteiger charge is 2.09. The minimum atomic E-state index is 0.272. The summed E-state index contributed by atoms with van der Waals surface area (Å²) in [6.45, 7) is 11.0. The van der Waals surface area contributed by atoms with Gasteiger partial charge >= 0.3 is 0 Å². The molecule has 0 aliphatic carbocycles. The molecule has 90 valence electrons. The summed E-state index contributed by atoms with van der Waals surface area (Å²) in [5.41, 5.74) is 0. The summed E-state index contributed by atoms with van der Waals surface area (Å²) in [4.78, 5) is 13.6. The second-order valence-electron chi connectivity index (χ2n) is 4.20. The van der Waals surface area contributed by atoms with Crippen LogP contribution in [0.15, 0.2) is 0 Å². The monoisotopic (exact) mass is 214 g/mol. The smallest absolute Gasteiger partial charge is 0.222 e. The van der Waals surface area contributed by atoms with Gasteiger partial charge in [0.1, 0.15) is 0 Å². The van der Waals surface area contributed by atoms with E-state index in [1.54, 1.807) is 0 Å². The Labute approximate surface area is 94.2 Å². The molecule has 0 bridgehead atoms. The number of nitrogens with one attached hydrogen (secondary N) is 1. The first kappa shape index (κ1) is 14.4. The predicted molar refractivity (Wildman–Crippen MR) is 64.9 cm³/mol. The Bertz CT molecular complexity index is 169. The van der Waals surface area contributed by atoms with Gasteiger partial charge in [0.25, 0.3) is 0 Å². The van der Waals surface area contributed by atoms with Gasteiger partial charge < -0.3 is 10.2 Å². The van der Waals surface area contributed by atoms with Crippen LogP contribution in [-0.2, 0) is 4.79 Å². The summed E-state index contributed by atoms with van der Waals surface area (Å²) < 4.78 is 0. The number of unbranched alkanes of at least 4 members (excludes halogenated alkanes) is 1. The topological polar surface area (TPSA) is 32.3 Å². The lowest BCUT2D eigenvalue weighted by molar-refractivity contribution is -0.130. The Balaban J connectivity index is 3.84. The van der Waals surface area contributed by atoms with Crippen LogP contribution in [0, 0.1) is 0 Å². The lowest BCUT2D eigenvalue weighted by Crippen LogP contribution is -2.38. The lowest BCUT2D eigenvalue weighted by Gasteiger charge is -2.22. The summed E-state index contributed by atoms with van der Waals surface area (Å²) in [5, 5.41) is 3.34. The van der Waals surface area contributed by atoms with Crippen LogP contribution in [0.4, 0.5) is 0 Å². The summed E-state index contributed by atoms with van der Waals surface area (Å²) in [6.07, 6.45) is 2.86. The van der Waals surface area contributed by atoms with E-state index in [0.29, 0.717) is 12.5 Å². The van der Waals surface area contributed by atoms with Gasteiger partial charge in [0, 0.05) is 32.1 Å². The van der Waals surface area contributed by atoms with Gasteiger partial charge in [-0.1, -0.05) is 34.1 Å². The van der Waals surface area contributed by atoms with Gasteiger partial charge in [-0.05, 0) is 6.42 Å². The van der Waals surface area contributed by atoms with E-state index in [1.807, 2.05) is 11.8 Å². The van der Waals surface area contributed by atoms with Crippen LogP contribution in [0.25, 0.3) is 0 Å². The lowest BCUT2D eigenvalue weighted by atomic mass is 10.3. The molecule has 0 unspecified atom stereocenters. The van der Waals surface area contributed by atoms with Gasteiger partial charge in [0.2, 0.25) is 5.91 Å². The Kier molecular flexibility index (Phi) is 8.38. The largest absolute Gasteiger partial charge is 0.341 e. The quantitative estimate of drug-likeness (QED) is 0.670. The highest BCUT2D eigenvalue weighted by Crippen LogP contribution is 1.98. The van der Waals surface area contributed by atoms with Gasteiger partial charge in [0.05, 0.1) is 0 Å².